The molecule has 1 aromatic rings. The smallest absolute Gasteiger partial charge is 0.228 e. The Kier molecular flexibility index (Phi) is 5.89. The topological polar surface area (TPSA) is 74.8 Å². The van der Waals surface area contributed by atoms with E-state index in [0.29, 0.717) is 19.5 Å². The van der Waals surface area contributed by atoms with E-state index in [-0.39, 0.29) is 35.8 Å². The fraction of sp³-hybridized carbons (Fsp3) is 0.600. The molecule has 2 heterocycles. The molecule has 7 heteroatoms. The largest absolute Gasteiger partial charge is 0.338 e. The molecule has 1 aromatic carbocycles. The molecule has 3 rings (SSSR count). The van der Waals surface area contributed by atoms with Crippen molar-refractivity contribution in [2.45, 2.75) is 45.6 Å². The van der Waals surface area contributed by atoms with Gasteiger partial charge >= 0.3 is 0 Å². The van der Waals surface area contributed by atoms with Gasteiger partial charge in [0, 0.05) is 31.2 Å². The second-order valence-electron chi connectivity index (χ2n) is 7.52. The van der Waals surface area contributed by atoms with Crippen molar-refractivity contribution in [3.63, 3.8) is 0 Å². The first-order chi connectivity index (χ1) is 12.8. The minimum absolute atomic E-state index is 0.0433. The van der Waals surface area contributed by atoms with Crippen molar-refractivity contribution >= 4 is 27.3 Å². The molecule has 148 valence electrons. The zero-order chi connectivity index (χ0) is 19.6. The highest BCUT2D eigenvalue weighted by Crippen LogP contribution is 2.29. The second kappa shape index (κ2) is 8.00. The monoisotopic (exact) mass is 392 g/mol. The number of hydrogen-bond acceptors (Lipinski definition) is 4. The lowest BCUT2D eigenvalue weighted by Gasteiger charge is -2.30. The number of carbonyl (C=O) groups excluding carboxylic acids is 2. The molecule has 0 saturated carbocycles. The summed E-state index contributed by atoms with van der Waals surface area (Å²) in [5.74, 6) is -0.344. The first-order valence-electron chi connectivity index (χ1n) is 9.74. The van der Waals surface area contributed by atoms with Gasteiger partial charge in [0.05, 0.1) is 17.4 Å². The minimum Gasteiger partial charge on any atom is -0.338 e. The zero-order valence-corrected chi connectivity index (χ0v) is 16.9. The first-order valence-corrected chi connectivity index (χ1v) is 11.6. The summed E-state index contributed by atoms with van der Waals surface area (Å²) in [4.78, 5) is 29.1. The quantitative estimate of drug-likeness (QED) is 0.742. The van der Waals surface area contributed by atoms with E-state index in [1.54, 1.807) is 9.80 Å². The van der Waals surface area contributed by atoms with Gasteiger partial charge in [-0.05, 0) is 37.0 Å². The molecule has 2 aliphatic heterocycles. The van der Waals surface area contributed by atoms with Gasteiger partial charge in [0.2, 0.25) is 11.8 Å². The van der Waals surface area contributed by atoms with E-state index in [1.807, 2.05) is 31.2 Å². The van der Waals surface area contributed by atoms with Crippen molar-refractivity contribution in [3.8, 4) is 0 Å². The van der Waals surface area contributed by atoms with Crippen LogP contribution in [0.5, 0.6) is 0 Å². The highest BCUT2D eigenvalue weighted by atomic mass is 32.2. The van der Waals surface area contributed by atoms with E-state index >= 15 is 0 Å². The SMILES string of the molecule is CCCN(C(=O)C1CC(=O)N(c2cccc(CC)c2)C1)C1CCS(=O)(=O)C1. The van der Waals surface area contributed by atoms with E-state index in [2.05, 4.69) is 6.92 Å². The molecule has 0 N–H and O–H groups in total. The lowest BCUT2D eigenvalue weighted by Crippen LogP contribution is -2.45. The van der Waals surface area contributed by atoms with Crippen LogP contribution in [0.15, 0.2) is 24.3 Å². The molecule has 2 amide bonds. The van der Waals surface area contributed by atoms with E-state index in [9.17, 15) is 18.0 Å². The predicted molar refractivity (Wildman–Crippen MR) is 105 cm³/mol. The van der Waals surface area contributed by atoms with Crippen molar-refractivity contribution in [3.05, 3.63) is 29.8 Å². The van der Waals surface area contributed by atoms with Crippen LogP contribution in [-0.2, 0) is 25.8 Å². The van der Waals surface area contributed by atoms with Crippen molar-refractivity contribution in [1.82, 2.24) is 4.90 Å². The molecule has 2 unspecified atom stereocenters. The number of sulfone groups is 1. The average Bonchev–Trinajstić information content (AvgIpc) is 3.21. The molecule has 2 aliphatic rings. The molecule has 6 nitrogen and oxygen atoms in total. The predicted octanol–water partition coefficient (Wildman–Crippen LogP) is 2.03. The summed E-state index contributed by atoms with van der Waals surface area (Å²) in [6.45, 7) is 4.95. The molecule has 27 heavy (non-hydrogen) atoms. The molecular weight excluding hydrogens is 364 g/mol. The molecule has 2 saturated heterocycles. The molecule has 0 bridgehead atoms. The average molecular weight is 393 g/mol. The molecule has 0 aliphatic carbocycles. The maximum atomic E-state index is 13.1. The summed E-state index contributed by atoms with van der Waals surface area (Å²) in [6.07, 6.45) is 2.34. The molecule has 2 atom stereocenters. The van der Waals surface area contributed by atoms with Crippen LogP contribution >= 0.6 is 0 Å². The fourth-order valence-corrected chi connectivity index (χ4v) is 5.77. The number of amides is 2. The van der Waals surface area contributed by atoms with Gasteiger partial charge in [0.15, 0.2) is 9.84 Å². The van der Waals surface area contributed by atoms with Crippen LogP contribution in [0.4, 0.5) is 5.69 Å². The Morgan fingerprint density at radius 2 is 2.07 bits per heavy atom. The van der Waals surface area contributed by atoms with Crippen molar-refractivity contribution in [1.29, 1.82) is 0 Å². The number of hydrogen-bond donors (Lipinski definition) is 0. The zero-order valence-electron chi connectivity index (χ0n) is 16.1. The van der Waals surface area contributed by atoms with Gasteiger partial charge in [0.1, 0.15) is 0 Å². The van der Waals surface area contributed by atoms with Gasteiger partial charge in [-0.2, -0.15) is 0 Å². The highest BCUT2D eigenvalue weighted by Gasteiger charge is 2.41. The lowest BCUT2D eigenvalue weighted by molar-refractivity contribution is -0.137. The van der Waals surface area contributed by atoms with Gasteiger partial charge in [0.25, 0.3) is 0 Å². The Labute approximate surface area is 161 Å². The van der Waals surface area contributed by atoms with Gasteiger partial charge in [-0.1, -0.05) is 26.0 Å². The molecular formula is C20H28N2O4S. The van der Waals surface area contributed by atoms with Gasteiger partial charge in [-0.15, -0.1) is 0 Å². The van der Waals surface area contributed by atoms with E-state index in [0.717, 1.165) is 24.1 Å². The van der Waals surface area contributed by atoms with Gasteiger partial charge < -0.3 is 9.80 Å². The maximum Gasteiger partial charge on any atom is 0.228 e. The summed E-state index contributed by atoms with van der Waals surface area (Å²) in [5.41, 5.74) is 1.99. The van der Waals surface area contributed by atoms with Gasteiger partial charge in [-0.3, -0.25) is 9.59 Å². The summed E-state index contributed by atoms with van der Waals surface area (Å²) >= 11 is 0. The van der Waals surface area contributed by atoms with Crippen molar-refractivity contribution in [2.75, 3.05) is 29.5 Å². The number of nitrogens with zero attached hydrogens (tertiary/aromatic N) is 2. The summed E-state index contributed by atoms with van der Waals surface area (Å²) in [6, 6.07) is 7.60. The summed E-state index contributed by atoms with van der Waals surface area (Å²) < 4.78 is 23.7. The molecule has 0 aromatic heterocycles. The van der Waals surface area contributed by atoms with E-state index in [4.69, 9.17) is 0 Å². The Morgan fingerprint density at radius 1 is 1.30 bits per heavy atom. The van der Waals surface area contributed by atoms with Crippen LogP contribution in [0, 0.1) is 5.92 Å². The number of rotatable bonds is 6. The Hall–Kier alpha value is -1.89. The van der Waals surface area contributed by atoms with Crippen LogP contribution in [0.2, 0.25) is 0 Å². The third-order valence-electron chi connectivity index (χ3n) is 5.50. The maximum absolute atomic E-state index is 13.1. The number of carbonyl (C=O) groups is 2. The number of benzene rings is 1. The Bertz CT molecular complexity index is 821. The normalized spacial score (nSPS) is 24.4. The number of anilines is 1. The minimum atomic E-state index is -3.06. The van der Waals surface area contributed by atoms with Crippen molar-refractivity contribution in [2.24, 2.45) is 5.92 Å². The van der Waals surface area contributed by atoms with Crippen LogP contribution in [0.25, 0.3) is 0 Å². The first kappa shape index (κ1) is 19.9. The second-order valence-corrected chi connectivity index (χ2v) is 9.75. The Morgan fingerprint density at radius 3 is 2.70 bits per heavy atom. The van der Waals surface area contributed by atoms with Crippen LogP contribution in [0.3, 0.4) is 0 Å². The number of aryl methyl sites for hydroxylation is 1. The Balaban J connectivity index is 1.75. The third kappa shape index (κ3) is 4.34. The van der Waals surface area contributed by atoms with E-state index < -0.39 is 15.8 Å². The summed E-state index contributed by atoms with van der Waals surface area (Å²) in [5, 5.41) is 0. The molecule has 0 spiro atoms. The van der Waals surface area contributed by atoms with Crippen LogP contribution in [-0.4, -0.2) is 55.8 Å². The van der Waals surface area contributed by atoms with Crippen LogP contribution in [0.1, 0.15) is 38.7 Å². The summed E-state index contributed by atoms with van der Waals surface area (Å²) in [7, 11) is -3.06. The van der Waals surface area contributed by atoms with E-state index in [1.165, 1.54) is 0 Å². The van der Waals surface area contributed by atoms with Crippen LogP contribution < -0.4 is 4.90 Å². The molecule has 2 fully saturated rings. The standard InChI is InChI=1S/C20H28N2O4S/c1-3-9-21(18-8-10-27(25,26)14-18)20(24)16-12-19(23)22(13-16)17-7-5-6-15(4-2)11-17/h5-7,11,16,18H,3-4,8-10,12-14H2,1-2H3. The van der Waals surface area contributed by atoms with Crippen molar-refractivity contribution < 1.29 is 18.0 Å². The lowest BCUT2D eigenvalue weighted by atomic mass is 10.0. The highest BCUT2D eigenvalue weighted by molar-refractivity contribution is 7.91. The molecule has 0 radical (unpaired) electrons. The fourth-order valence-electron chi connectivity index (χ4n) is 4.04. The third-order valence-corrected chi connectivity index (χ3v) is 7.25. The van der Waals surface area contributed by atoms with Gasteiger partial charge in [-0.25, -0.2) is 8.42 Å².